The highest BCUT2D eigenvalue weighted by atomic mass is 35.5. The molecule has 0 saturated heterocycles. The third kappa shape index (κ3) is 3.82. The second kappa shape index (κ2) is 8.75. The van der Waals surface area contributed by atoms with Crippen LogP contribution in [0.2, 0.25) is 5.02 Å². The first kappa shape index (κ1) is 21.7. The predicted molar refractivity (Wildman–Crippen MR) is 139 cm³/mol. The fraction of sp³-hybridized carbons (Fsp3) is 0.138. The van der Waals surface area contributed by atoms with Gasteiger partial charge in [0.25, 0.3) is 5.91 Å². The van der Waals surface area contributed by atoms with Gasteiger partial charge in [0.15, 0.2) is 0 Å². The van der Waals surface area contributed by atoms with E-state index in [-0.39, 0.29) is 11.7 Å². The molecule has 1 N–H and O–H groups in total. The van der Waals surface area contributed by atoms with E-state index in [1.807, 2.05) is 22.6 Å². The molecule has 0 unspecified atom stereocenters. The number of halogens is 2. The Balaban J connectivity index is 1.60. The fourth-order valence-electron chi connectivity index (χ4n) is 5.10. The molecule has 0 bridgehead atoms. The van der Waals surface area contributed by atoms with Crippen LogP contribution in [-0.4, -0.2) is 14.9 Å². The Kier molecular flexibility index (Phi) is 5.42. The maximum absolute atomic E-state index is 13.8. The largest absolute Gasteiger partial charge is 0.325 e. The molecule has 4 nitrogen and oxygen atoms in total. The summed E-state index contributed by atoms with van der Waals surface area (Å²) in [5.74, 6) is -0.517. The lowest BCUT2D eigenvalue weighted by Crippen LogP contribution is -2.15. The Labute approximate surface area is 207 Å². The zero-order valence-corrected chi connectivity index (χ0v) is 19.7. The third-order valence-corrected chi connectivity index (χ3v) is 6.91. The van der Waals surface area contributed by atoms with Crippen molar-refractivity contribution in [2.24, 2.45) is 0 Å². The number of anilines is 1. The number of carbonyl (C=O) groups excluding carboxylic acids is 1. The van der Waals surface area contributed by atoms with Crippen molar-refractivity contribution in [3.8, 4) is 22.4 Å². The van der Waals surface area contributed by atoms with Crippen LogP contribution in [0.15, 0.2) is 85.1 Å². The van der Waals surface area contributed by atoms with Crippen LogP contribution in [0.1, 0.15) is 28.9 Å². The number of aryl methyl sites for hydroxylation is 2. The Hall–Kier alpha value is -3.83. The summed E-state index contributed by atoms with van der Waals surface area (Å²) in [5, 5.41) is 3.64. The highest BCUT2D eigenvalue weighted by Gasteiger charge is 2.29. The van der Waals surface area contributed by atoms with Gasteiger partial charge in [-0.1, -0.05) is 54.1 Å². The van der Waals surface area contributed by atoms with Gasteiger partial charge in [-0.25, -0.2) is 4.39 Å². The SMILES string of the molecule is O=C(Nc1ccc(Cl)cc1)c1c(-c2ccc(F)cc2)c2c3n(c(-c4ccccc4)cn13)CCCC2. The van der Waals surface area contributed by atoms with Gasteiger partial charge in [-0.05, 0) is 66.8 Å². The standard InChI is InChI=1S/C29H23ClFN3O/c30-21-11-15-23(16-12-21)32-28(35)27-26(20-9-13-22(31)14-10-20)24-8-4-5-17-33-25(18-34(27)29(24)33)19-6-2-1-3-7-19/h1-3,6-7,9-16,18H,4-5,8,17H2,(H,32,35). The molecule has 0 radical (unpaired) electrons. The Morgan fingerprint density at radius 3 is 2.37 bits per heavy atom. The zero-order valence-electron chi connectivity index (χ0n) is 19.0. The molecule has 0 saturated carbocycles. The second-order valence-corrected chi connectivity index (χ2v) is 9.29. The van der Waals surface area contributed by atoms with Crippen molar-refractivity contribution in [2.45, 2.75) is 25.8 Å². The first-order valence-electron chi connectivity index (χ1n) is 11.7. The maximum atomic E-state index is 13.8. The number of aromatic nitrogens is 2. The van der Waals surface area contributed by atoms with Gasteiger partial charge in [0.05, 0.1) is 5.69 Å². The molecule has 35 heavy (non-hydrogen) atoms. The van der Waals surface area contributed by atoms with Gasteiger partial charge in [-0.2, -0.15) is 0 Å². The van der Waals surface area contributed by atoms with Gasteiger partial charge in [0, 0.05) is 34.6 Å². The van der Waals surface area contributed by atoms with Crippen LogP contribution in [-0.2, 0) is 13.0 Å². The molecule has 6 rings (SSSR count). The topological polar surface area (TPSA) is 38.4 Å². The van der Waals surface area contributed by atoms with Crippen molar-refractivity contribution in [3.05, 3.63) is 107 Å². The molecular formula is C29H23ClFN3O. The summed E-state index contributed by atoms with van der Waals surface area (Å²) in [6.07, 6.45) is 4.97. The van der Waals surface area contributed by atoms with Crippen LogP contribution in [0.25, 0.3) is 28.0 Å². The molecule has 0 spiro atoms. The molecule has 0 fully saturated rings. The molecule has 5 aromatic rings. The average Bonchev–Trinajstić information content (AvgIpc) is 3.29. The van der Waals surface area contributed by atoms with Crippen molar-refractivity contribution in [1.82, 2.24) is 8.97 Å². The molecule has 1 amide bonds. The van der Waals surface area contributed by atoms with E-state index in [1.165, 1.54) is 12.1 Å². The lowest BCUT2D eigenvalue weighted by Gasteiger charge is -2.10. The lowest BCUT2D eigenvalue weighted by molar-refractivity contribution is 0.102. The second-order valence-electron chi connectivity index (χ2n) is 8.85. The summed E-state index contributed by atoms with van der Waals surface area (Å²) in [4.78, 5) is 13.8. The van der Waals surface area contributed by atoms with E-state index in [0.29, 0.717) is 16.4 Å². The van der Waals surface area contributed by atoms with E-state index in [4.69, 9.17) is 11.6 Å². The summed E-state index contributed by atoms with van der Waals surface area (Å²) in [7, 11) is 0. The monoisotopic (exact) mass is 483 g/mol. The molecular weight excluding hydrogens is 461 g/mol. The van der Waals surface area contributed by atoms with Crippen LogP contribution >= 0.6 is 11.6 Å². The van der Waals surface area contributed by atoms with E-state index in [2.05, 4.69) is 28.2 Å². The van der Waals surface area contributed by atoms with Gasteiger partial charge in [-0.3, -0.25) is 9.20 Å². The number of amides is 1. The van der Waals surface area contributed by atoms with Crippen molar-refractivity contribution < 1.29 is 9.18 Å². The smallest absolute Gasteiger partial charge is 0.273 e. The maximum Gasteiger partial charge on any atom is 0.273 e. The number of rotatable bonds is 4. The quantitative estimate of drug-likeness (QED) is 0.283. The molecule has 0 aliphatic carbocycles. The Bertz CT molecular complexity index is 1530. The number of nitrogens with one attached hydrogen (secondary N) is 1. The highest BCUT2D eigenvalue weighted by molar-refractivity contribution is 6.30. The molecule has 174 valence electrons. The van der Waals surface area contributed by atoms with Gasteiger partial charge in [0.2, 0.25) is 0 Å². The Morgan fingerprint density at radius 2 is 1.63 bits per heavy atom. The minimum atomic E-state index is -0.300. The molecule has 1 aliphatic heterocycles. The number of carbonyl (C=O) groups is 1. The van der Waals surface area contributed by atoms with Crippen LogP contribution in [0.4, 0.5) is 10.1 Å². The average molecular weight is 484 g/mol. The highest BCUT2D eigenvalue weighted by Crippen LogP contribution is 2.39. The van der Waals surface area contributed by atoms with Gasteiger partial charge >= 0.3 is 0 Å². The van der Waals surface area contributed by atoms with Crippen LogP contribution in [0.5, 0.6) is 0 Å². The molecule has 0 atom stereocenters. The van der Waals surface area contributed by atoms with Crippen LogP contribution in [0.3, 0.4) is 0 Å². The molecule has 1 aliphatic rings. The third-order valence-electron chi connectivity index (χ3n) is 6.65. The number of nitrogens with zero attached hydrogens (tertiary/aromatic N) is 2. The molecule has 3 heterocycles. The number of hydrogen-bond donors (Lipinski definition) is 1. The summed E-state index contributed by atoms with van der Waals surface area (Å²) >= 11 is 6.03. The minimum Gasteiger partial charge on any atom is -0.325 e. The number of imidazole rings is 1. The summed E-state index contributed by atoms with van der Waals surface area (Å²) in [6.45, 7) is 0.874. The molecule has 2 aromatic heterocycles. The number of hydrogen-bond acceptors (Lipinski definition) is 1. The molecule has 3 aromatic carbocycles. The van der Waals surface area contributed by atoms with Crippen molar-refractivity contribution >= 4 is 28.8 Å². The van der Waals surface area contributed by atoms with Gasteiger partial charge < -0.3 is 9.88 Å². The first-order chi connectivity index (χ1) is 17.1. The van der Waals surface area contributed by atoms with Gasteiger partial charge in [0.1, 0.15) is 17.2 Å². The van der Waals surface area contributed by atoms with Crippen LogP contribution < -0.4 is 5.32 Å². The van der Waals surface area contributed by atoms with Crippen molar-refractivity contribution in [1.29, 1.82) is 0 Å². The zero-order chi connectivity index (χ0) is 23.9. The van der Waals surface area contributed by atoms with E-state index >= 15 is 0 Å². The normalized spacial score (nSPS) is 13.1. The number of benzene rings is 3. The van der Waals surface area contributed by atoms with Crippen molar-refractivity contribution in [3.63, 3.8) is 0 Å². The molecule has 6 heteroatoms. The van der Waals surface area contributed by atoms with E-state index < -0.39 is 0 Å². The van der Waals surface area contributed by atoms with E-state index in [1.54, 1.807) is 36.4 Å². The van der Waals surface area contributed by atoms with Crippen LogP contribution in [0, 0.1) is 5.82 Å². The fourth-order valence-corrected chi connectivity index (χ4v) is 5.23. The lowest BCUT2D eigenvalue weighted by atomic mass is 9.97. The van der Waals surface area contributed by atoms with Gasteiger partial charge in [-0.15, -0.1) is 0 Å². The summed E-state index contributed by atoms with van der Waals surface area (Å²) < 4.78 is 18.1. The first-order valence-corrected chi connectivity index (χ1v) is 12.1. The minimum absolute atomic E-state index is 0.217. The van der Waals surface area contributed by atoms with E-state index in [9.17, 15) is 9.18 Å². The van der Waals surface area contributed by atoms with Crippen molar-refractivity contribution in [2.75, 3.05) is 5.32 Å². The summed E-state index contributed by atoms with van der Waals surface area (Å²) in [6, 6.07) is 23.7. The predicted octanol–water partition coefficient (Wildman–Crippen LogP) is 7.46. The Morgan fingerprint density at radius 1 is 0.886 bits per heavy atom. The van der Waals surface area contributed by atoms with E-state index in [0.717, 1.165) is 59.4 Å². The summed E-state index contributed by atoms with van der Waals surface area (Å²) in [5.41, 5.74) is 7.25.